The van der Waals surface area contributed by atoms with Crippen molar-refractivity contribution >= 4 is 22.6 Å². The van der Waals surface area contributed by atoms with E-state index in [1.54, 1.807) is 18.6 Å². The summed E-state index contributed by atoms with van der Waals surface area (Å²) >= 11 is 5.93. The standard InChI is InChI=1S/C12H10ClN5/c13-6-12-16-10-7-14-5-3-11(10)18(12)8-9-2-1-4-15-17-9/h1-5,7H,6,8H2. The Balaban J connectivity index is 2.10. The summed E-state index contributed by atoms with van der Waals surface area (Å²) in [7, 11) is 0. The number of hydrogen-bond donors (Lipinski definition) is 0. The predicted octanol–water partition coefficient (Wildman–Crippen LogP) is 2.01. The lowest BCUT2D eigenvalue weighted by Gasteiger charge is -2.06. The molecule has 5 nitrogen and oxygen atoms in total. The molecule has 0 aliphatic rings. The first-order valence-electron chi connectivity index (χ1n) is 5.50. The van der Waals surface area contributed by atoms with Gasteiger partial charge in [-0.15, -0.1) is 11.6 Å². The number of imidazole rings is 1. The molecule has 0 amide bonds. The Labute approximate surface area is 108 Å². The molecule has 0 bridgehead atoms. The second kappa shape index (κ2) is 4.70. The molecule has 0 saturated heterocycles. The lowest BCUT2D eigenvalue weighted by Crippen LogP contribution is -2.05. The van der Waals surface area contributed by atoms with Crippen LogP contribution in [-0.4, -0.2) is 24.7 Å². The topological polar surface area (TPSA) is 56.5 Å². The zero-order valence-electron chi connectivity index (χ0n) is 9.49. The second-order valence-corrected chi connectivity index (χ2v) is 4.09. The summed E-state index contributed by atoms with van der Waals surface area (Å²) in [5.41, 5.74) is 2.73. The molecule has 0 N–H and O–H groups in total. The van der Waals surface area contributed by atoms with E-state index in [1.165, 1.54) is 0 Å². The van der Waals surface area contributed by atoms with Crippen molar-refractivity contribution in [2.45, 2.75) is 12.4 Å². The molecule has 0 aliphatic carbocycles. The minimum Gasteiger partial charge on any atom is -0.321 e. The van der Waals surface area contributed by atoms with Gasteiger partial charge in [-0.1, -0.05) is 0 Å². The summed E-state index contributed by atoms with van der Waals surface area (Å²) in [6, 6.07) is 5.72. The van der Waals surface area contributed by atoms with Crippen LogP contribution in [0.2, 0.25) is 0 Å². The van der Waals surface area contributed by atoms with Gasteiger partial charge in [-0.2, -0.15) is 10.2 Å². The number of aromatic nitrogens is 5. The third-order valence-electron chi connectivity index (χ3n) is 2.70. The fraction of sp³-hybridized carbons (Fsp3) is 0.167. The first kappa shape index (κ1) is 11.1. The van der Waals surface area contributed by atoms with Gasteiger partial charge in [0, 0.05) is 12.4 Å². The molecule has 0 radical (unpaired) electrons. The van der Waals surface area contributed by atoms with E-state index in [0.29, 0.717) is 12.4 Å². The van der Waals surface area contributed by atoms with Crippen molar-refractivity contribution < 1.29 is 0 Å². The van der Waals surface area contributed by atoms with E-state index in [1.807, 2.05) is 22.8 Å². The van der Waals surface area contributed by atoms with Gasteiger partial charge in [0.25, 0.3) is 0 Å². The van der Waals surface area contributed by atoms with E-state index in [2.05, 4.69) is 20.2 Å². The predicted molar refractivity (Wildman–Crippen MR) is 68.2 cm³/mol. The molecular weight excluding hydrogens is 250 g/mol. The number of fused-ring (bicyclic) bond motifs is 1. The third-order valence-corrected chi connectivity index (χ3v) is 2.94. The van der Waals surface area contributed by atoms with Gasteiger partial charge in [0.1, 0.15) is 11.3 Å². The van der Waals surface area contributed by atoms with Crippen LogP contribution in [0, 0.1) is 0 Å². The average molecular weight is 260 g/mol. The number of halogens is 1. The van der Waals surface area contributed by atoms with E-state index in [4.69, 9.17) is 11.6 Å². The molecule has 90 valence electrons. The molecule has 0 atom stereocenters. The zero-order chi connectivity index (χ0) is 12.4. The Morgan fingerprint density at radius 1 is 1.22 bits per heavy atom. The SMILES string of the molecule is ClCc1nc2cnccc2n1Cc1cccnn1. The van der Waals surface area contributed by atoms with Crippen molar-refractivity contribution in [3.8, 4) is 0 Å². The summed E-state index contributed by atoms with van der Waals surface area (Å²) in [6.45, 7) is 0.608. The van der Waals surface area contributed by atoms with Crippen LogP contribution < -0.4 is 0 Å². The number of rotatable bonds is 3. The smallest absolute Gasteiger partial charge is 0.125 e. The van der Waals surface area contributed by atoms with E-state index in [0.717, 1.165) is 22.6 Å². The van der Waals surface area contributed by atoms with Gasteiger partial charge in [0.2, 0.25) is 0 Å². The molecule has 3 heterocycles. The van der Waals surface area contributed by atoms with Gasteiger partial charge >= 0.3 is 0 Å². The second-order valence-electron chi connectivity index (χ2n) is 3.83. The molecule has 3 aromatic heterocycles. The molecule has 0 aliphatic heterocycles. The molecule has 0 aromatic carbocycles. The maximum atomic E-state index is 5.93. The van der Waals surface area contributed by atoms with Crippen molar-refractivity contribution in [1.29, 1.82) is 0 Å². The van der Waals surface area contributed by atoms with Crippen LogP contribution in [0.3, 0.4) is 0 Å². The molecular formula is C12H10ClN5. The van der Waals surface area contributed by atoms with Gasteiger partial charge in [0.05, 0.1) is 29.8 Å². The Bertz CT molecular complexity index is 665. The van der Waals surface area contributed by atoms with Crippen molar-refractivity contribution in [2.24, 2.45) is 0 Å². The van der Waals surface area contributed by atoms with Gasteiger partial charge in [-0.05, 0) is 18.2 Å². The van der Waals surface area contributed by atoms with Crippen LogP contribution in [0.15, 0.2) is 36.8 Å². The molecule has 0 saturated carbocycles. The van der Waals surface area contributed by atoms with Crippen molar-refractivity contribution in [3.63, 3.8) is 0 Å². The Hall–Kier alpha value is -2.01. The monoisotopic (exact) mass is 259 g/mol. The van der Waals surface area contributed by atoms with E-state index >= 15 is 0 Å². The summed E-state index contributed by atoms with van der Waals surface area (Å²) in [5, 5.41) is 7.95. The summed E-state index contributed by atoms with van der Waals surface area (Å²) in [5.74, 6) is 1.17. The fourth-order valence-electron chi connectivity index (χ4n) is 1.89. The zero-order valence-corrected chi connectivity index (χ0v) is 10.2. The first-order valence-corrected chi connectivity index (χ1v) is 6.03. The summed E-state index contributed by atoms with van der Waals surface area (Å²) in [6.07, 6.45) is 5.13. The van der Waals surface area contributed by atoms with Gasteiger partial charge < -0.3 is 4.57 Å². The molecule has 0 spiro atoms. The highest BCUT2D eigenvalue weighted by Gasteiger charge is 2.10. The summed E-state index contributed by atoms with van der Waals surface area (Å²) in [4.78, 5) is 8.51. The lowest BCUT2D eigenvalue weighted by molar-refractivity contribution is 0.740. The normalized spacial score (nSPS) is 10.9. The van der Waals surface area contributed by atoms with E-state index < -0.39 is 0 Å². The molecule has 3 rings (SSSR count). The summed E-state index contributed by atoms with van der Waals surface area (Å²) < 4.78 is 2.04. The molecule has 6 heteroatoms. The van der Waals surface area contributed by atoms with Gasteiger partial charge in [-0.25, -0.2) is 4.98 Å². The highest BCUT2D eigenvalue weighted by molar-refractivity contribution is 6.16. The van der Waals surface area contributed by atoms with Crippen molar-refractivity contribution in [1.82, 2.24) is 24.7 Å². The maximum absolute atomic E-state index is 5.93. The minimum absolute atomic E-state index is 0.356. The first-order chi connectivity index (χ1) is 8.88. The molecule has 18 heavy (non-hydrogen) atoms. The Kier molecular flexibility index (Phi) is 2.90. The van der Waals surface area contributed by atoms with Gasteiger partial charge in [0.15, 0.2) is 0 Å². The third kappa shape index (κ3) is 1.93. The van der Waals surface area contributed by atoms with Crippen molar-refractivity contribution in [2.75, 3.05) is 0 Å². The quantitative estimate of drug-likeness (QED) is 0.675. The number of pyridine rings is 1. The maximum Gasteiger partial charge on any atom is 0.125 e. The Morgan fingerprint density at radius 2 is 2.17 bits per heavy atom. The fourth-order valence-corrected chi connectivity index (χ4v) is 2.09. The largest absolute Gasteiger partial charge is 0.321 e. The van der Waals surface area contributed by atoms with Crippen LogP contribution in [0.4, 0.5) is 0 Å². The van der Waals surface area contributed by atoms with Gasteiger partial charge in [-0.3, -0.25) is 4.98 Å². The average Bonchev–Trinajstić information content (AvgIpc) is 2.78. The highest BCUT2D eigenvalue weighted by Crippen LogP contribution is 2.17. The van der Waals surface area contributed by atoms with Crippen molar-refractivity contribution in [3.05, 3.63) is 48.3 Å². The Morgan fingerprint density at radius 3 is 2.94 bits per heavy atom. The molecule has 0 unspecified atom stereocenters. The van der Waals surface area contributed by atoms with Crippen LogP contribution >= 0.6 is 11.6 Å². The molecule has 0 fully saturated rings. The number of alkyl halides is 1. The van der Waals surface area contributed by atoms with Crippen LogP contribution in [0.25, 0.3) is 11.0 Å². The van der Waals surface area contributed by atoms with E-state index in [-0.39, 0.29) is 0 Å². The molecule has 3 aromatic rings. The number of nitrogens with zero attached hydrogens (tertiary/aromatic N) is 5. The van der Waals surface area contributed by atoms with E-state index in [9.17, 15) is 0 Å². The minimum atomic E-state index is 0.356. The number of hydrogen-bond acceptors (Lipinski definition) is 4. The van der Waals surface area contributed by atoms with Crippen LogP contribution in [0.1, 0.15) is 11.5 Å². The van der Waals surface area contributed by atoms with Crippen LogP contribution in [-0.2, 0) is 12.4 Å². The van der Waals surface area contributed by atoms with Crippen LogP contribution in [0.5, 0.6) is 0 Å². The lowest BCUT2D eigenvalue weighted by atomic mass is 10.3. The highest BCUT2D eigenvalue weighted by atomic mass is 35.5.